The molecule has 0 atom stereocenters. The predicted octanol–water partition coefficient (Wildman–Crippen LogP) is 2.25. The Kier molecular flexibility index (Phi) is 42.7. The van der Waals surface area contributed by atoms with Gasteiger partial charge >= 0.3 is 0 Å². The maximum Gasteiger partial charge on any atom is 0.294 e. The third-order valence-electron chi connectivity index (χ3n) is 0.949. The standard InChI is InChI=1S/C3H6Br2.C3H6N2O6.CH4.Ag.HNO3/c4-2-1-3-5;6-4(7)10-2-1-3-11-5(8)9;;;2-1(3)4/h1-3H2;1-3H2;1H4;;(H,2,3,4). The van der Waals surface area contributed by atoms with E-state index in [-0.39, 0.29) is 49.4 Å². The van der Waals surface area contributed by atoms with Crippen LogP contribution in [-0.2, 0) is 32.1 Å². The number of hydrogen-bond acceptors (Lipinski definition) is 8. The van der Waals surface area contributed by atoms with E-state index in [2.05, 4.69) is 41.5 Å². The Hall–Kier alpha value is -0.700. The molecule has 0 aromatic heterocycles. The Balaban J connectivity index is -0.0000000743. The van der Waals surface area contributed by atoms with Crippen molar-refractivity contribution in [1.29, 1.82) is 0 Å². The number of nitrogens with zero attached hydrogens (tertiary/aromatic N) is 3. The molecule has 0 aliphatic heterocycles. The van der Waals surface area contributed by atoms with Crippen molar-refractivity contribution in [2.75, 3.05) is 23.9 Å². The minimum absolute atomic E-state index is 0. The summed E-state index contributed by atoms with van der Waals surface area (Å²) in [4.78, 5) is 35.1. The van der Waals surface area contributed by atoms with Gasteiger partial charge in [0.1, 0.15) is 0 Å². The second kappa shape index (κ2) is 28.5. The first-order valence-corrected chi connectivity index (χ1v) is 7.02. The largest absolute Gasteiger partial charge is 0.328 e. The Morgan fingerprint density at radius 1 is 0.864 bits per heavy atom. The van der Waals surface area contributed by atoms with Gasteiger partial charge < -0.3 is 14.9 Å². The first kappa shape index (κ1) is 33.0. The van der Waals surface area contributed by atoms with Crippen LogP contribution in [0.2, 0.25) is 0 Å². The van der Waals surface area contributed by atoms with Crippen molar-refractivity contribution in [3.8, 4) is 0 Å². The minimum Gasteiger partial charge on any atom is -0.328 e. The Morgan fingerprint density at radius 3 is 1.27 bits per heavy atom. The molecular weight excluding hydrogens is 538 g/mol. The van der Waals surface area contributed by atoms with E-state index >= 15 is 0 Å². The molecule has 0 aromatic carbocycles. The van der Waals surface area contributed by atoms with Gasteiger partial charge in [0.05, 0.1) is 13.2 Å². The fourth-order valence-electron chi connectivity index (χ4n) is 0.388. The number of halogens is 2. The van der Waals surface area contributed by atoms with Crippen LogP contribution in [0.3, 0.4) is 0 Å². The zero-order valence-corrected chi connectivity index (χ0v) is 15.0. The van der Waals surface area contributed by atoms with Crippen LogP contribution in [0.4, 0.5) is 0 Å². The molecular formula is C7H17AgBr2N3O9. The molecule has 1 radical (unpaired) electrons. The van der Waals surface area contributed by atoms with E-state index in [0.29, 0.717) is 0 Å². The monoisotopic (exact) mass is 552 g/mol. The summed E-state index contributed by atoms with van der Waals surface area (Å²) in [5.41, 5.74) is 0. The van der Waals surface area contributed by atoms with E-state index in [1.165, 1.54) is 6.42 Å². The fourth-order valence-corrected chi connectivity index (χ4v) is 1.70. The first-order chi connectivity index (χ1) is 9.27. The molecule has 0 rings (SSSR count). The zero-order valence-electron chi connectivity index (χ0n) is 10.4. The topological polar surface area (TPSA) is 168 Å². The Labute approximate surface area is 158 Å². The van der Waals surface area contributed by atoms with Gasteiger partial charge in [-0.3, -0.25) is 0 Å². The maximum atomic E-state index is 9.50. The third-order valence-corrected chi connectivity index (χ3v) is 2.07. The molecule has 12 nitrogen and oxygen atoms in total. The Morgan fingerprint density at radius 2 is 1.14 bits per heavy atom. The maximum absolute atomic E-state index is 9.50. The van der Waals surface area contributed by atoms with Crippen LogP contribution in [0.25, 0.3) is 0 Å². The number of rotatable bonds is 8. The van der Waals surface area contributed by atoms with Gasteiger partial charge in [0.15, 0.2) is 0 Å². The van der Waals surface area contributed by atoms with Crippen LogP contribution < -0.4 is 0 Å². The van der Waals surface area contributed by atoms with Crippen LogP contribution in [0.1, 0.15) is 20.3 Å². The average Bonchev–Trinajstić information content (AvgIpc) is 2.28. The van der Waals surface area contributed by atoms with Crippen LogP contribution in [0.5, 0.6) is 0 Å². The van der Waals surface area contributed by atoms with Gasteiger partial charge in [0.2, 0.25) is 0 Å². The fraction of sp³-hybridized carbons (Fsp3) is 1.00. The Bertz CT molecular complexity index is 254. The molecule has 0 amide bonds. The summed E-state index contributed by atoms with van der Waals surface area (Å²) < 4.78 is 0. The second-order valence-corrected chi connectivity index (χ2v) is 4.02. The molecule has 139 valence electrons. The summed E-state index contributed by atoms with van der Waals surface area (Å²) >= 11 is 6.56. The number of alkyl halides is 2. The summed E-state index contributed by atoms with van der Waals surface area (Å²) in [5.74, 6) is 0. The van der Waals surface area contributed by atoms with E-state index in [4.69, 9.17) is 15.3 Å². The quantitative estimate of drug-likeness (QED) is 0.155. The smallest absolute Gasteiger partial charge is 0.294 e. The van der Waals surface area contributed by atoms with Crippen molar-refractivity contribution < 1.29 is 52.5 Å². The van der Waals surface area contributed by atoms with E-state index in [9.17, 15) is 20.2 Å². The molecule has 0 aliphatic rings. The van der Waals surface area contributed by atoms with Crippen molar-refractivity contribution >= 4 is 31.9 Å². The molecule has 15 heteroatoms. The molecule has 0 unspecified atom stereocenters. The molecule has 0 spiro atoms. The number of hydrogen-bond donors (Lipinski definition) is 1. The van der Waals surface area contributed by atoms with E-state index in [1.54, 1.807) is 0 Å². The van der Waals surface area contributed by atoms with Gasteiger partial charge in [-0.25, -0.2) is 0 Å². The average molecular weight is 555 g/mol. The van der Waals surface area contributed by atoms with Crippen molar-refractivity contribution in [2.45, 2.75) is 20.3 Å². The predicted molar refractivity (Wildman–Crippen MR) is 78.2 cm³/mol. The molecule has 0 aliphatic carbocycles. The van der Waals surface area contributed by atoms with E-state index in [1.807, 2.05) is 0 Å². The van der Waals surface area contributed by atoms with Gasteiger partial charge in [-0.2, -0.15) is 0 Å². The zero-order chi connectivity index (χ0) is 16.4. The summed E-state index contributed by atoms with van der Waals surface area (Å²) in [6.45, 7) is -0.387. The van der Waals surface area contributed by atoms with Crippen molar-refractivity contribution in [1.82, 2.24) is 0 Å². The molecule has 22 heavy (non-hydrogen) atoms. The van der Waals surface area contributed by atoms with Gasteiger partial charge in [0.25, 0.3) is 15.3 Å². The summed E-state index contributed by atoms with van der Waals surface area (Å²) in [6.07, 6.45) is 1.34. The minimum atomic E-state index is -1.50. The van der Waals surface area contributed by atoms with Crippen LogP contribution in [-0.4, -0.2) is 44.3 Å². The van der Waals surface area contributed by atoms with Gasteiger partial charge in [-0.1, -0.05) is 39.3 Å². The van der Waals surface area contributed by atoms with E-state index < -0.39 is 15.3 Å². The van der Waals surface area contributed by atoms with Crippen LogP contribution in [0.15, 0.2) is 0 Å². The molecule has 0 heterocycles. The van der Waals surface area contributed by atoms with Crippen molar-refractivity contribution in [3.05, 3.63) is 30.3 Å². The van der Waals surface area contributed by atoms with Crippen LogP contribution in [0, 0.1) is 30.3 Å². The van der Waals surface area contributed by atoms with Gasteiger partial charge in [-0.15, -0.1) is 30.3 Å². The summed E-state index contributed by atoms with van der Waals surface area (Å²) in [5, 5.41) is 32.9. The van der Waals surface area contributed by atoms with Crippen molar-refractivity contribution in [2.24, 2.45) is 0 Å². The van der Waals surface area contributed by atoms with Gasteiger partial charge in [-0.05, 0) is 12.8 Å². The molecule has 0 fully saturated rings. The SMILES string of the molecule is BrCCCBr.C.O=[N+]([O-])O.O=[N+]([O-])OCCCO[N+](=O)[O-].[Ag]. The molecule has 0 saturated heterocycles. The molecule has 0 saturated carbocycles. The third kappa shape index (κ3) is 74.7. The normalized spacial score (nSPS) is 7.36. The molecule has 0 aromatic rings. The summed E-state index contributed by atoms with van der Waals surface area (Å²) in [7, 11) is 0. The van der Waals surface area contributed by atoms with E-state index in [0.717, 1.165) is 10.7 Å². The molecule has 0 bridgehead atoms. The van der Waals surface area contributed by atoms with Crippen LogP contribution >= 0.6 is 31.9 Å². The first-order valence-electron chi connectivity index (χ1n) is 4.77. The summed E-state index contributed by atoms with van der Waals surface area (Å²) in [6, 6.07) is 0. The van der Waals surface area contributed by atoms with Gasteiger partial charge in [0, 0.05) is 33.0 Å². The molecule has 1 N–H and O–H groups in total. The second-order valence-electron chi connectivity index (χ2n) is 2.44. The van der Waals surface area contributed by atoms with Crippen molar-refractivity contribution in [3.63, 3.8) is 0 Å².